The molecule has 1 amide bonds. The molecule has 1 fully saturated rings. The van der Waals surface area contributed by atoms with Gasteiger partial charge in [0.15, 0.2) is 0 Å². The molecule has 0 spiro atoms. The Morgan fingerprint density at radius 1 is 1.02 bits per heavy atom. The minimum absolute atomic E-state index is 0.289. The van der Waals surface area contributed by atoms with Crippen LogP contribution in [-0.4, -0.2) is 79.8 Å². The van der Waals surface area contributed by atoms with E-state index in [4.69, 9.17) is 14.4 Å². The molecule has 0 unspecified atom stereocenters. The van der Waals surface area contributed by atoms with Crippen LogP contribution < -0.4 is 9.62 Å². The standard InChI is InChI=1S/C38H34F2N6O4S/c1-21-8-10-22(11-9-21)37-35(38(47)41-2)26-16-25(31(18-33(26)50-37)44(3)51(4,48)49)28-12-13-29-36(43-28)32-17-24-27(40)6-5-7-30(24)46(32)34(42-29)14-15-45-19-23(39)20-45/h5-13,16-18,23H,14-15,19-20H2,1-4H3,(H,41,47). The van der Waals surface area contributed by atoms with E-state index >= 15 is 4.39 Å². The van der Waals surface area contributed by atoms with Gasteiger partial charge in [-0.25, -0.2) is 27.2 Å². The molecule has 0 bridgehead atoms. The van der Waals surface area contributed by atoms with E-state index in [0.717, 1.165) is 16.1 Å². The Labute approximate surface area is 292 Å². The zero-order valence-corrected chi connectivity index (χ0v) is 29.2. The maximum atomic E-state index is 15.2. The van der Waals surface area contributed by atoms with Gasteiger partial charge < -0.3 is 9.73 Å². The minimum atomic E-state index is -3.76. The number of nitrogens with zero attached hydrogens (tertiary/aromatic N) is 5. The van der Waals surface area contributed by atoms with Crippen molar-refractivity contribution in [1.29, 1.82) is 0 Å². The minimum Gasteiger partial charge on any atom is -0.455 e. The number of rotatable bonds is 8. The third-order valence-corrected chi connectivity index (χ3v) is 10.9. The van der Waals surface area contributed by atoms with E-state index in [1.807, 2.05) is 46.6 Å². The van der Waals surface area contributed by atoms with Crippen LogP contribution in [0.15, 0.2) is 77.2 Å². The largest absolute Gasteiger partial charge is 0.455 e. The number of alkyl halides is 1. The number of aryl methyl sites for hydroxylation is 1. The van der Waals surface area contributed by atoms with Gasteiger partial charge in [-0.2, -0.15) is 0 Å². The van der Waals surface area contributed by atoms with E-state index in [2.05, 4.69) is 5.32 Å². The number of benzene rings is 3. The van der Waals surface area contributed by atoms with Crippen molar-refractivity contribution in [2.75, 3.05) is 44.3 Å². The summed E-state index contributed by atoms with van der Waals surface area (Å²) in [6.07, 6.45) is 0.787. The van der Waals surface area contributed by atoms with Crippen LogP contribution in [-0.2, 0) is 16.4 Å². The molecule has 0 aliphatic carbocycles. The Morgan fingerprint density at radius 2 is 1.78 bits per heavy atom. The molecule has 1 aliphatic heterocycles. The predicted molar refractivity (Wildman–Crippen MR) is 195 cm³/mol. The average molecular weight is 709 g/mol. The van der Waals surface area contributed by atoms with Crippen LogP contribution in [0.2, 0.25) is 0 Å². The lowest BCUT2D eigenvalue weighted by atomic mass is 10.00. The molecule has 0 atom stereocenters. The summed E-state index contributed by atoms with van der Waals surface area (Å²) in [5.74, 6) is 0.280. The first-order valence-electron chi connectivity index (χ1n) is 16.5. The molecule has 10 nitrogen and oxygen atoms in total. The van der Waals surface area contributed by atoms with Crippen molar-refractivity contribution in [3.63, 3.8) is 0 Å². The van der Waals surface area contributed by atoms with Gasteiger partial charge in [0.25, 0.3) is 5.91 Å². The second-order valence-electron chi connectivity index (χ2n) is 13.1. The van der Waals surface area contributed by atoms with Crippen LogP contribution in [0.3, 0.4) is 0 Å². The Hall–Kier alpha value is -5.40. The zero-order valence-electron chi connectivity index (χ0n) is 28.4. The topological polar surface area (TPSA) is 113 Å². The fraction of sp³-hybridized carbons (Fsp3) is 0.237. The fourth-order valence-corrected chi connectivity index (χ4v) is 7.38. The summed E-state index contributed by atoms with van der Waals surface area (Å²) in [7, 11) is -0.772. The van der Waals surface area contributed by atoms with E-state index in [1.54, 1.807) is 36.4 Å². The van der Waals surface area contributed by atoms with E-state index in [0.29, 0.717) is 98.4 Å². The fourth-order valence-electron chi connectivity index (χ4n) is 6.87. The van der Waals surface area contributed by atoms with Gasteiger partial charge in [0.2, 0.25) is 10.0 Å². The van der Waals surface area contributed by atoms with Crippen LogP contribution in [0.1, 0.15) is 21.7 Å². The number of carbonyl (C=O) groups excluding carboxylic acids is 1. The molecule has 260 valence electrons. The first-order chi connectivity index (χ1) is 24.4. The number of hydrogen-bond donors (Lipinski definition) is 1. The molecule has 4 aromatic heterocycles. The molecule has 0 saturated carbocycles. The third kappa shape index (κ3) is 5.56. The second kappa shape index (κ2) is 12.1. The number of aromatic nitrogens is 3. The van der Waals surface area contributed by atoms with Crippen LogP contribution >= 0.6 is 0 Å². The first kappa shape index (κ1) is 32.8. The van der Waals surface area contributed by atoms with Gasteiger partial charge in [-0.05, 0) is 43.3 Å². The van der Waals surface area contributed by atoms with Gasteiger partial charge in [-0.3, -0.25) is 18.4 Å². The van der Waals surface area contributed by atoms with E-state index in [9.17, 15) is 17.6 Å². The van der Waals surface area contributed by atoms with Crippen molar-refractivity contribution < 1.29 is 26.4 Å². The normalized spacial score (nSPS) is 14.2. The molecule has 3 aromatic carbocycles. The van der Waals surface area contributed by atoms with Crippen LogP contribution in [0.25, 0.3) is 61.0 Å². The summed E-state index contributed by atoms with van der Waals surface area (Å²) < 4.78 is 64.1. The number of nitrogens with one attached hydrogen (secondary N) is 1. The van der Waals surface area contributed by atoms with E-state index in [-0.39, 0.29) is 17.4 Å². The first-order valence-corrected chi connectivity index (χ1v) is 18.4. The van der Waals surface area contributed by atoms with Gasteiger partial charge >= 0.3 is 0 Å². The van der Waals surface area contributed by atoms with Crippen molar-refractivity contribution in [2.45, 2.75) is 19.5 Å². The number of pyridine rings is 1. The van der Waals surface area contributed by atoms with Crippen molar-refractivity contribution >= 4 is 60.0 Å². The lowest BCUT2D eigenvalue weighted by molar-refractivity contribution is 0.0665. The van der Waals surface area contributed by atoms with Gasteiger partial charge in [-0.1, -0.05) is 35.9 Å². The summed E-state index contributed by atoms with van der Waals surface area (Å²) in [5, 5.41) is 3.59. The van der Waals surface area contributed by atoms with Crippen molar-refractivity contribution in [3.8, 4) is 22.6 Å². The van der Waals surface area contributed by atoms with Crippen molar-refractivity contribution in [1.82, 2.24) is 24.6 Å². The number of furan rings is 1. The Kier molecular flexibility index (Phi) is 7.80. The highest BCUT2D eigenvalue weighted by Crippen LogP contribution is 2.41. The molecule has 1 aliphatic rings. The van der Waals surface area contributed by atoms with Crippen LogP contribution in [0.4, 0.5) is 14.5 Å². The number of likely N-dealkylation sites (tertiary alicyclic amines) is 1. The lowest BCUT2D eigenvalue weighted by Gasteiger charge is -2.34. The Balaban J connectivity index is 1.37. The molecule has 1 N–H and O–H groups in total. The molecule has 13 heteroatoms. The maximum absolute atomic E-state index is 15.2. The molecule has 1 saturated heterocycles. The number of anilines is 1. The second-order valence-corrected chi connectivity index (χ2v) is 15.1. The Bertz CT molecular complexity index is 2650. The maximum Gasteiger partial charge on any atom is 0.255 e. The molecule has 8 rings (SSSR count). The predicted octanol–water partition coefficient (Wildman–Crippen LogP) is 6.52. The van der Waals surface area contributed by atoms with Gasteiger partial charge in [0.05, 0.1) is 39.8 Å². The van der Waals surface area contributed by atoms with Gasteiger partial charge in [0.1, 0.15) is 34.7 Å². The molecule has 7 aromatic rings. The van der Waals surface area contributed by atoms with Crippen molar-refractivity contribution in [2.24, 2.45) is 0 Å². The number of halogens is 2. The highest BCUT2D eigenvalue weighted by molar-refractivity contribution is 7.92. The number of hydrogen-bond acceptors (Lipinski definition) is 7. The lowest BCUT2D eigenvalue weighted by Crippen LogP contribution is -2.49. The average Bonchev–Trinajstić information content (AvgIpc) is 3.68. The number of fused-ring (bicyclic) bond motifs is 6. The monoisotopic (exact) mass is 708 g/mol. The molecular weight excluding hydrogens is 675 g/mol. The smallest absolute Gasteiger partial charge is 0.255 e. The van der Waals surface area contributed by atoms with Crippen molar-refractivity contribution in [3.05, 3.63) is 95.6 Å². The summed E-state index contributed by atoms with van der Waals surface area (Å²) in [6, 6.07) is 21.1. The van der Waals surface area contributed by atoms with E-state index < -0.39 is 16.2 Å². The summed E-state index contributed by atoms with van der Waals surface area (Å²) in [5.41, 5.74) is 5.78. The summed E-state index contributed by atoms with van der Waals surface area (Å²) >= 11 is 0. The van der Waals surface area contributed by atoms with E-state index in [1.165, 1.54) is 20.2 Å². The van der Waals surface area contributed by atoms with Gasteiger partial charge in [-0.15, -0.1) is 0 Å². The highest BCUT2D eigenvalue weighted by Gasteiger charge is 2.28. The molecule has 51 heavy (non-hydrogen) atoms. The quantitative estimate of drug-likeness (QED) is 0.192. The SMILES string of the molecule is CNC(=O)c1c(-c2ccc(C)cc2)oc2cc(N(C)S(C)(=O)=O)c(-c3ccc4nc(CCN5CC(F)C5)n5c6cccc(F)c6cc5c4n3)cc12. The highest BCUT2D eigenvalue weighted by atomic mass is 32.2. The number of sulfonamides is 1. The Morgan fingerprint density at radius 3 is 2.49 bits per heavy atom. The number of amides is 1. The number of carbonyl (C=O) groups is 1. The third-order valence-electron chi connectivity index (χ3n) is 9.67. The van der Waals surface area contributed by atoms with Gasteiger partial charge in [0, 0.05) is 68.1 Å². The zero-order chi connectivity index (χ0) is 35.8. The van der Waals surface area contributed by atoms with Crippen LogP contribution in [0, 0.1) is 12.7 Å². The summed E-state index contributed by atoms with van der Waals surface area (Å²) in [4.78, 5) is 25.4. The van der Waals surface area contributed by atoms with Crippen LogP contribution in [0.5, 0.6) is 0 Å². The summed E-state index contributed by atoms with van der Waals surface area (Å²) in [6.45, 7) is 3.31. The molecule has 5 heterocycles. The molecular formula is C38H34F2N6O4S. The molecule has 0 radical (unpaired) electrons.